The van der Waals surface area contributed by atoms with Crippen LogP contribution < -0.4 is 19.3 Å². The van der Waals surface area contributed by atoms with Gasteiger partial charge in [0.25, 0.3) is 5.69 Å². The SMILES string of the molecule is CCN(CC)c1ccccc1OCCOc1cc([N+](=O)[O-])ccc1N(CC)CC. The van der Waals surface area contributed by atoms with E-state index in [4.69, 9.17) is 9.47 Å². The molecule has 0 atom stereocenters. The van der Waals surface area contributed by atoms with Gasteiger partial charge in [0.1, 0.15) is 24.7 Å². The van der Waals surface area contributed by atoms with Crippen molar-refractivity contribution in [2.75, 3.05) is 49.2 Å². The molecule has 0 saturated heterocycles. The van der Waals surface area contributed by atoms with Crippen LogP contribution in [0, 0.1) is 10.1 Å². The molecular formula is C22H31N3O4. The summed E-state index contributed by atoms with van der Waals surface area (Å²) in [5, 5.41) is 11.2. The van der Waals surface area contributed by atoms with Crippen LogP contribution in [0.4, 0.5) is 17.1 Å². The minimum absolute atomic E-state index is 0.0173. The van der Waals surface area contributed by atoms with E-state index in [1.807, 2.05) is 38.1 Å². The molecule has 0 fully saturated rings. The Bertz CT molecular complexity index is 789. The van der Waals surface area contributed by atoms with Crippen LogP contribution in [-0.4, -0.2) is 44.3 Å². The van der Waals surface area contributed by atoms with E-state index in [2.05, 4.69) is 23.6 Å². The van der Waals surface area contributed by atoms with E-state index in [0.717, 1.165) is 43.3 Å². The standard InChI is InChI=1S/C22H31N3O4/c1-5-23(6-2)19-11-9-10-12-21(19)28-15-16-29-22-17-18(25(26)27)13-14-20(22)24(7-3)8-4/h9-14,17H,5-8,15-16H2,1-4H3. The number of nitro benzene ring substituents is 1. The molecule has 0 spiro atoms. The molecule has 7 heteroatoms. The van der Waals surface area contributed by atoms with Crippen molar-refractivity contribution in [2.24, 2.45) is 0 Å². The predicted octanol–water partition coefficient (Wildman–Crippen LogP) is 4.75. The van der Waals surface area contributed by atoms with Crippen LogP contribution in [0.2, 0.25) is 0 Å². The van der Waals surface area contributed by atoms with Crippen LogP contribution in [0.15, 0.2) is 42.5 Å². The second-order valence-corrected chi connectivity index (χ2v) is 6.42. The fourth-order valence-electron chi connectivity index (χ4n) is 3.27. The van der Waals surface area contributed by atoms with E-state index < -0.39 is 4.92 Å². The molecule has 0 aromatic heterocycles. The first kappa shape index (κ1) is 22.3. The summed E-state index contributed by atoms with van der Waals surface area (Å²) < 4.78 is 11.9. The minimum atomic E-state index is -0.407. The van der Waals surface area contributed by atoms with Crippen LogP contribution in [-0.2, 0) is 0 Å². The van der Waals surface area contributed by atoms with Gasteiger partial charge in [-0.3, -0.25) is 10.1 Å². The fraction of sp³-hybridized carbons (Fsp3) is 0.455. The summed E-state index contributed by atoms with van der Waals surface area (Å²) in [6.07, 6.45) is 0. The Hall–Kier alpha value is -2.96. The molecule has 2 aromatic rings. The van der Waals surface area contributed by atoms with Gasteiger partial charge >= 0.3 is 0 Å². The van der Waals surface area contributed by atoms with E-state index in [0.29, 0.717) is 19.0 Å². The number of hydrogen-bond acceptors (Lipinski definition) is 6. The van der Waals surface area contributed by atoms with E-state index in [1.54, 1.807) is 6.07 Å². The Kier molecular flexibility index (Phi) is 8.58. The molecule has 0 bridgehead atoms. The van der Waals surface area contributed by atoms with E-state index in [9.17, 15) is 10.1 Å². The molecule has 0 N–H and O–H groups in total. The predicted molar refractivity (Wildman–Crippen MR) is 118 cm³/mol. The zero-order valence-corrected chi connectivity index (χ0v) is 17.8. The van der Waals surface area contributed by atoms with Gasteiger partial charge in [0.2, 0.25) is 0 Å². The normalized spacial score (nSPS) is 10.5. The second-order valence-electron chi connectivity index (χ2n) is 6.42. The lowest BCUT2D eigenvalue weighted by atomic mass is 10.2. The highest BCUT2D eigenvalue weighted by molar-refractivity contribution is 5.62. The molecule has 0 saturated carbocycles. The van der Waals surface area contributed by atoms with Gasteiger partial charge in [-0.25, -0.2) is 0 Å². The maximum atomic E-state index is 11.2. The molecule has 0 amide bonds. The van der Waals surface area contributed by atoms with E-state index in [1.165, 1.54) is 12.1 Å². The van der Waals surface area contributed by atoms with Gasteiger partial charge in [0.15, 0.2) is 0 Å². The lowest BCUT2D eigenvalue weighted by Crippen LogP contribution is -2.23. The van der Waals surface area contributed by atoms with Crippen molar-refractivity contribution < 1.29 is 14.4 Å². The number of benzene rings is 2. The molecule has 0 aliphatic rings. The third-order valence-corrected chi connectivity index (χ3v) is 4.83. The first-order valence-electron chi connectivity index (χ1n) is 10.2. The van der Waals surface area contributed by atoms with Gasteiger partial charge in [-0.1, -0.05) is 12.1 Å². The van der Waals surface area contributed by atoms with Crippen molar-refractivity contribution >= 4 is 17.1 Å². The van der Waals surface area contributed by atoms with Crippen LogP contribution >= 0.6 is 0 Å². The summed E-state index contributed by atoms with van der Waals surface area (Å²) >= 11 is 0. The maximum absolute atomic E-state index is 11.2. The number of non-ortho nitro benzene ring substituents is 1. The topological polar surface area (TPSA) is 68.1 Å². The summed E-state index contributed by atoms with van der Waals surface area (Å²) in [6.45, 7) is 12.3. The molecule has 2 aromatic carbocycles. The highest BCUT2D eigenvalue weighted by Gasteiger charge is 2.16. The quantitative estimate of drug-likeness (QED) is 0.291. The van der Waals surface area contributed by atoms with Gasteiger partial charge in [-0.15, -0.1) is 0 Å². The summed E-state index contributed by atoms with van der Waals surface area (Å²) in [5.41, 5.74) is 1.92. The van der Waals surface area contributed by atoms with Crippen molar-refractivity contribution in [3.63, 3.8) is 0 Å². The lowest BCUT2D eigenvalue weighted by Gasteiger charge is -2.25. The number of rotatable bonds is 12. The van der Waals surface area contributed by atoms with Crippen molar-refractivity contribution in [3.8, 4) is 11.5 Å². The Labute approximate surface area is 173 Å². The number of nitrogens with zero attached hydrogens (tertiary/aromatic N) is 3. The second kappa shape index (κ2) is 11.1. The Balaban J connectivity index is 2.09. The summed E-state index contributed by atoms with van der Waals surface area (Å²) in [6, 6.07) is 12.7. The van der Waals surface area contributed by atoms with Gasteiger partial charge in [0.05, 0.1) is 22.4 Å². The van der Waals surface area contributed by atoms with E-state index in [-0.39, 0.29) is 5.69 Å². The zero-order chi connectivity index (χ0) is 21.2. The number of ether oxygens (including phenoxy) is 2. The first-order valence-corrected chi connectivity index (χ1v) is 10.2. The summed E-state index contributed by atoms with van der Waals surface area (Å²) in [7, 11) is 0. The van der Waals surface area contributed by atoms with Gasteiger partial charge in [0, 0.05) is 32.2 Å². The molecule has 0 radical (unpaired) electrons. The smallest absolute Gasteiger partial charge is 0.273 e. The van der Waals surface area contributed by atoms with Crippen molar-refractivity contribution in [1.82, 2.24) is 0 Å². The number of nitro groups is 1. The molecule has 158 valence electrons. The molecular weight excluding hydrogens is 370 g/mol. The highest BCUT2D eigenvalue weighted by atomic mass is 16.6. The fourth-order valence-corrected chi connectivity index (χ4v) is 3.27. The van der Waals surface area contributed by atoms with Crippen molar-refractivity contribution in [2.45, 2.75) is 27.7 Å². The Morgan fingerprint density at radius 2 is 1.31 bits per heavy atom. The molecule has 7 nitrogen and oxygen atoms in total. The molecule has 0 heterocycles. The molecule has 0 aliphatic heterocycles. The molecule has 29 heavy (non-hydrogen) atoms. The zero-order valence-electron chi connectivity index (χ0n) is 17.8. The van der Waals surface area contributed by atoms with Gasteiger partial charge in [-0.2, -0.15) is 0 Å². The third-order valence-electron chi connectivity index (χ3n) is 4.83. The monoisotopic (exact) mass is 401 g/mol. The summed E-state index contributed by atoms with van der Waals surface area (Å²) in [5.74, 6) is 1.31. The Morgan fingerprint density at radius 1 is 0.793 bits per heavy atom. The van der Waals surface area contributed by atoms with Crippen LogP contribution in [0.25, 0.3) is 0 Å². The van der Waals surface area contributed by atoms with Crippen molar-refractivity contribution in [1.29, 1.82) is 0 Å². The minimum Gasteiger partial charge on any atom is -0.488 e. The largest absolute Gasteiger partial charge is 0.488 e. The summed E-state index contributed by atoms with van der Waals surface area (Å²) in [4.78, 5) is 15.1. The number of hydrogen-bond donors (Lipinski definition) is 0. The molecule has 0 unspecified atom stereocenters. The first-order chi connectivity index (χ1) is 14.0. The van der Waals surface area contributed by atoms with Crippen LogP contribution in [0.1, 0.15) is 27.7 Å². The van der Waals surface area contributed by atoms with Crippen LogP contribution in [0.3, 0.4) is 0 Å². The number of para-hydroxylation sites is 2. The third kappa shape index (κ3) is 5.76. The van der Waals surface area contributed by atoms with Gasteiger partial charge < -0.3 is 19.3 Å². The Morgan fingerprint density at radius 3 is 1.86 bits per heavy atom. The lowest BCUT2D eigenvalue weighted by molar-refractivity contribution is -0.384. The van der Waals surface area contributed by atoms with Crippen molar-refractivity contribution in [3.05, 3.63) is 52.6 Å². The average Bonchev–Trinajstić information content (AvgIpc) is 2.74. The average molecular weight is 402 g/mol. The molecule has 2 rings (SSSR count). The van der Waals surface area contributed by atoms with E-state index >= 15 is 0 Å². The number of anilines is 2. The molecule has 0 aliphatic carbocycles. The van der Waals surface area contributed by atoms with Crippen LogP contribution in [0.5, 0.6) is 11.5 Å². The van der Waals surface area contributed by atoms with Gasteiger partial charge in [-0.05, 0) is 45.9 Å². The maximum Gasteiger partial charge on any atom is 0.273 e. The highest BCUT2D eigenvalue weighted by Crippen LogP contribution is 2.32.